The number of allylic oxidation sites excluding steroid dienone is 1. The first-order valence-electron chi connectivity index (χ1n) is 15.1. The van der Waals surface area contributed by atoms with E-state index >= 15 is 0 Å². The maximum Gasteiger partial charge on any atom is 0.229 e. The van der Waals surface area contributed by atoms with Crippen molar-refractivity contribution in [2.75, 3.05) is 23.4 Å². The van der Waals surface area contributed by atoms with Crippen molar-refractivity contribution < 1.29 is 13.2 Å². The van der Waals surface area contributed by atoms with Crippen LogP contribution in [0.2, 0.25) is 5.02 Å². The van der Waals surface area contributed by atoms with Crippen LogP contribution in [0.5, 0.6) is 5.75 Å². The van der Waals surface area contributed by atoms with Crippen molar-refractivity contribution >= 4 is 45.1 Å². The average molecular weight is 632 g/mol. The Bertz CT molecular complexity index is 1450. The normalized spacial score (nSPS) is 20.0. The van der Waals surface area contributed by atoms with Crippen LogP contribution in [-0.2, 0) is 9.84 Å². The van der Waals surface area contributed by atoms with E-state index in [1.165, 1.54) is 30.6 Å². The van der Waals surface area contributed by atoms with Crippen LogP contribution in [0.1, 0.15) is 83.3 Å². The number of ether oxygens (including phenoxy) is 1. The molecule has 1 heterocycles. The second kappa shape index (κ2) is 14.3. The maximum atomic E-state index is 12.8. The molecule has 2 aliphatic carbocycles. The molecule has 4 rings (SSSR count). The smallest absolute Gasteiger partial charge is 0.229 e. The number of benzene rings is 1. The number of sulfone groups is 1. The van der Waals surface area contributed by atoms with Crippen molar-refractivity contribution in [1.29, 1.82) is 0 Å². The van der Waals surface area contributed by atoms with Gasteiger partial charge in [-0.3, -0.25) is 4.99 Å². The highest BCUT2D eigenvalue weighted by atomic mass is 35.5. The Morgan fingerprint density at radius 1 is 1.16 bits per heavy atom. The number of nitrogens with zero attached hydrogens (tertiary/aromatic N) is 3. The van der Waals surface area contributed by atoms with Crippen LogP contribution in [0, 0.1) is 12.8 Å². The Morgan fingerprint density at radius 2 is 1.86 bits per heavy atom. The Morgan fingerprint density at radius 3 is 2.47 bits per heavy atom. The fourth-order valence-electron chi connectivity index (χ4n) is 5.49. The number of nitrogens with one attached hydrogen (secondary N) is 3. The van der Waals surface area contributed by atoms with Crippen molar-refractivity contribution in [1.82, 2.24) is 15.3 Å². The Kier molecular flexibility index (Phi) is 10.9. The van der Waals surface area contributed by atoms with Crippen molar-refractivity contribution in [2.24, 2.45) is 16.6 Å². The van der Waals surface area contributed by atoms with Gasteiger partial charge >= 0.3 is 0 Å². The number of rotatable bonds is 13. The van der Waals surface area contributed by atoms with E-state index < -0.39 is 9.84 Å². The molecule has 2 fully saturated rings. The summed E-state index contributed by atoms with van der Waals surface area (Å²) in [5, 5.41) is 9.83. The molecule has 0 amide bonds. The van der Waals surface area contributed by atoms with Crippen LogP contribution in [0.4, 0.5) is 17.5 Å². The van der Waals surface area contributed by atoms with E-state index in [1.54, 1.807) is 0 Å². The topological polar surface area (TPSA) is 144 Å². The molecular weight excluding hydrogens is 586 g/mol. The molecule has 2 saturated carbocycles. The van der Waals surface area contributed by atoms with Crippen molar-refractivity contribution in [3.8, 4) is 5.75 Å². The molecule has 12 heteroatoms. The second-order valence-corrected chi connectivity index (χ2v) is 14.8. The van der Waals surface area contributed by atoms with Gasteiger partial charge in [0.2, 0.25) is 5.95 Å². The Balaban J connectivity index is 1.59. The van der Waals surface area contributed by atoms with Crippen LogP contribution < -0.4 is 26.4 Å². The molecule has 1 aromatic carbocycles. The maximum absolute atomic E-state index is 12.8. The number of aliphatic imine (C=N–C) groups is 1. The minimum absolute atomic E-state index is 0.0889. The lowest BCUT2D eigenvalue weighted by Crippen LogP contribution is -2.37. The molecule has 0 unspecified atom stereocenters. The summed E-state index contributed by atoms with van der Waals surface area (Å²) in [5.41, 5.74) is 9.47. The minimum Gasteiger partial charge on any atom is -0.488 e. The summed E-state index contributed by atoms with van der Waals surface area (Å²) in [5.74, 6) is 1.55. The number of aromatic nitrogens is 2. The van der Waals surface area contributed by atoms with Gasteiger partial charge in [0, 0.05) is 25.3 Å². The van der Waals surface area contributed by atoms with Crippen molar-refractivity contribution in [3.63, 3.8) is 0 Å². The molecule has 2 aliphatic rings. The highest BCUT2D eigenvalue weighted by Gasteiger charge is 2.28. The van der Waals surface area contributed by atoms with Crippen LogP contribution >= 0.6 is 11.6 Å². The lowest BCUT2D eigenvalue weighted by Gasteiger charge is -2.32. The zero-order chi connectivity index (χ0) is 31.3. The lowest BCUT2D eigenvalue weighted by atomic mass is 9.80. The van der Waals surface area contributed by atoms with Crippen LogP contribution in [0.25, 0.3) is 0 Å². The molecule has 0 radical (unpaired) electrons. The lowest BCUT2D eigenvalue weighted by molar-refractivity contribution is 0.302. The van der Waals surface area contributed by atoms with Gasteiger partial charge in [0.15, 0.2) is 20.7 Å². The van der Waals surface area contributed by atoms with Crippen LogP contribution in [0.15, 0.2) is 34.0 Å². The van der Waals surface area contributed by atoms with Gasteiger partial charge in [0.05, 0.1) is 29.4 Å². The third-order valence-corrected chi connectivity index (χ3v) is 9.85. The third kappa shape index (κ3) is 9.06. The first-order chi connectivity index (χ1) is 20.4. The standard InChI is InChI=1S/C31H46ClN7O3S/c1-18(2)17-43(40,41)29(33)27(16-34-6)37-30-25(32)15-35-31(39-30)38-26-13-20(5)24(14-28(26)42-23-11-12-23)21-7-9-22(10-8-21)36-19(3)4/h13-16,18-19,21-23,36H,7-12,17,33H2,1-6H3,(H2,35,37,38,39). The van der Waals surface area contributed by atoms with Crippen molar-refractivity contribution in [2.45, 2.75) is 97.2 Å². The molecular formula is C31H46ClN7O3S. The fourth-order valence-corrected chi connectivity index (χ4v) is 7.13. The molecule has 0 aliphatic heterocycles. The van der Waals surface area contributed by atoms with E-state index in [0.29, 0.717) is 18.0 Å². The van der Waals surface area contributed by atoms with Gasteiger partial charge in [0.1, 0.15) is 10.8 Å². The van der Waals surface area contributed by atoms with E-state index in [1.807, 2.05) is 13.8 Å². The SMILES string of the molecule is CN=CC(Nc1nc(Nc2cc(C)c(C3CCC(NC(C)C)CC3)cc2OC2CC2)ncc1Cl)=C(N)S(=O)(=O)CC(C)C. The zero-order valence-electron chi connectivity index (χ0n) is 26.1. The summed E-state index contributed by atoms with van der Waals surface area (Å²) in [4.78, 5) is 12.9. The molecule has 5 N–H and O–H groups in total. The van der Waals surface area contributed by atoms with Crippen LogP contribution in [0.3, 0.4) is 0 Å². The van der Waals surface area contributed by atoms with Gasteiger partial charge in [0.25, 0.3) is 0 Å². The number of hydrogen-bond acceptors (Lipinski definition) is 10. The second-order valence-electron chi connectivity index (χ2n) is 12.4. The number of halogens is 1. The summed E-state index contributed by atoms with van der Waals surface area (Å²) in [7, 11) is -2.20. The molecule has 43 heavy (non-hydrogen) atoms. The quantitative estimate of drug-likeness (QED) is 0.194. The summed E-state index contributed by atoms with van der Waals surface area (Å²) in [6.07, 6.45) is 9.69. The highest BCUT2D eigenvalue weighted by molar-refractivity contribution is 7.95. The molecule has 10 nitrogen and oxygen atoms in total. The van der Waals surface area contributed by atoms with Gasteiger partial charge in [-0.05, 0) is 80.5 Å². The van der Waals surface area contributed by atoms with Gasteiger partial charge in [-0.2, -0.15) is 4.98 Å². The van der Waals surface area contributed by atoms with E-state index in [2.05, 4.69) is 63.8 Å². The van der Waals surface area contributed by atoms with E-state index in [0.717, 1.165) is 50.0 Å². The molecule has 0 atom stereocenters. The number of nitrogens with two attached hydrogens (primary N) is 1. The molecule has 0 spiro atoms. The average Bonchev–Trinajstić information content (AvgIpc) is 3.75. The van der Waals surface area contributed by atoms with Gasteiger partial charge < -0.3 is 26.4 Å². The van der Waals surface area contributed by atoms with Gasteiger partial charge in [-0.15, -0.1) is 0 Å². The highest BCUT2D eigenvalue weighted by Crippen LogP contribution is 2.41. The zero-order valence-corrected chi connectivity index (χ0v) is 27.6. The summed E-state index contributed by atoms with van der Waals surface area (Å²) >= 11 is 6.42. The predicted octanol–water partition coefficient (Wildman–Crippen LogP) is 6.06. The molecule has 0 saturated heterocycles. The third-order valence-electron chi connectivity index (χ3n) is 7.58. The first-order valence-corrected chi connectivity index (χ1v) is 17.2. The van der Waals surface area contributed by atoms with Gasteiger partial charge in [-0.25, -0.2) is 13.4 Å². The Hall–Kier alpha value is -2.89. The summed E-state index contributed by atoms with van der Waals surface area (Å²) in [6.45, 7) is 10.2. The monoisotopic (exact) mass is 631 g/mol. The number of anilines is 3. The first kappa shape index (κ1) is 33.0. The van der Waals surface area contributed by atoms with E-state index in [9.17, 15) is 8.42 Å². The summed E-state index contributed by atoms with van der Waals surface area (Å²) in [6, 6.07) is 5.36. The van der Waals surface area contributed by atoms with E-state index in [4.69, 9.17) is 22.1 Å². The fraction of sp³-hybridized carbons (Fsp3) is 0.581. The van der Waals surface area contributed by atoms with E-state index in [-0.39, 0.29) is 45.3 Å². The van der Waals surface area contributed by atoms with Crippen molar-refractivity contribution in [3.05, 3.63) is 45.2 Å². The molecule has 236 valence electrons. The number of aryl methyl sites for hydroxylation is 1. The molecule has 2 aromatic rings. The Labute approximate surface area is 261 Å². The number of hydrogen-bond donors (Lipinski definition) is 4. The van der Waals surface area contributed by atoms with Crippen LogP contribution in [-0.4, -0.2) is 55.6 Å². The predicted molar refractivity (Wildman–Crippen MR) is 176 cm³/mol. The summed E-state index contributed by atoms with van der Waals surface area (Å²) < 4.78 is 32.0. The minimum atomic E-state index is -3.73. The molecule has 1 aromatic heterocycles. The van der Waals surface area contributed by atoms with Gasteiger partial charge in [-0.1, -0.05) is 39.3 Å². The molecule has 0 bridgehead atoms. The largest absolute Gasteiger partial charge is 0.488 e.